The second-order valence-corrected chi connectivity index (χ2v) is 6.72. The Hall–Kier alpha value is -0.960. The molecular weight excluding hydrogens is 256 g/mol. The molecule has 0 saturated heterocycles. The molecular formula is C17H23F2N. The molecule has 0 aliphatic heterocycles. The van der Waals surface area contributed by atoms with E-state index in [1.54, 1.807) is 0 Å². The Kier molecular flexibility index (Phi) is 3.80. The number of fused-ring (bicyclic) bond motifs is 1. The fourth-order valence-corrected chi connectivity index (χ4v) is 3.96. The highest BCUT2D eigenvalue weighted by molar-refractivity contribution is 5.23. The Morgan fingerprint density at radius 1 is 1.20 bits per heavy atom. The van der Waals surface area contributed by atoms with Crippen LogP contribution in [0.1, 0.15) is 38.2 Å². The molecule has 1 aromatic carbocycles. The van der Waals surface area contributed by atoms with Crippen molar-refractivity contribution in [2.75, 3.05) is 13.1 Å². The van der Waals surface area contributed by atoms with Crippen molar-refractivity contribution in [1.82, 2.24) is 5.32 Å². The Balaban J connectivity index is 1.76. The maximum absolute atomic E-state index is 13.9. The van der Waals surface area contributed by atoms with Gasteiger partial charge in [0.05, 0.1) is 0 Å². The molecule has 0 bridgehead atoms. The minimum atomic E-state index is -0.388. The van der Waals surface area contributed by atoms with E-state index >= 15 is 0 Å². The number of hydrogen-bond donors (Lipinski definition) is 1. The first-order valence-electron chi connectivity index (χ1n) is 7.77. The lowest BCUT2D eigenvalue weighted by Crippen LogP contribution is -2.36. The van der Waals surface area contributed by atoms with Gasteiger partial charge in [-0.25, -0.2) is 8.78 Å². The topological polar surface area (TPSA) is 12.0 Å². The van der Waals surface area contributed by atoms with Crippen LogP contribution in [0.4, 0.5) is 8.78 Å². The van der Waals surface area contributed by atoms with Crippen LogP contribution in [-0.4, -0.2) is 13.1 Å². The summed E-state index contributed by atoms with van der Waals surface area (Å²) in [5, 5.41) is 3.47. The van der Waals surface area contributed by atoms with Crippen LogP contribution < -0.4 is 5.32 Å². The molecule has 110 valence electrons. The molecule has 2 aliphatic carbocycles. The quantitative estimate of drug-likeness (QED) is 0.778. The first kappa shape index (κ1) is 14.0. The summed E-state index contributed by atoms with van der Waals surface area (Å²) < 4.78 is 27.8. The molecule has 0 radical (unpaired) electrons. The second kappa shape index (κ2) is 5.44. The van der Waals surface area contributed by atoms with E-state index in [2.05, 4.69) is 12.2 Å². The highest BCUT2D eigenvalue weighted by atomic mass is 19.1. The SMILES string of the molecule is CCCNCC1(Cc2c(F)cccc2F)CC2CC2C1. The Morgan fingerprint density at radius 2 is 1.85 bits per heavy atom. The largest absolute Gasteiger partial charge is 0.316 e. The molecule has 0 amide bonds. The lowest BCUT2D eigenvalue weighted by Gasteiger charge is -2.32. The van der Waals surface area contributed by atoms with Crippen LogP contribution in [0.15, 0.2) is 18.2 Å². The van der Waals surface area contributed by atoms with Gasteiger partial charge in [0.25, 0.3) is 0 Å². The van der Waals surface area contributed by atoms with Crippen LogP contribution in [0.5, 0.6) is 0 Å². The summed E-state index contributed by atoms with van der Waals surface area (Å²) in [6.07, 6.45) is 5.21. The monoisotopic (exact) mass is 279 g/mol. The molecule has 2 atom stereocenters. The Morgan fingerprint density at radius 3 is 2.45 bits per heavy atom. The third-order valence-corrected chi connectivity index (χ3v) is 5.00. The molecule has 0 aromatic heterocycles. The van der Waals surface area contributed by atoms with E-state index in [9.17, 15) is 8.78 Å². The van der Waals surface area contributed by atoms with Crippen molar-refractivity contribution in [3.63, 3.8) is 0 Å². The average Bonchev–Trinajstić information content (AvgIpc) is 3.03. The maximum atomic E-state index is 13.9. The standard InChI is InChI=1S/C17H23F2N/c1-2-6-20-11-17(8-12-7-13(12)9-17)10-14-15(18)4-3-5-16(14)19/h3-5,12-13,20H,2,6-11H2,1H3. The minimum absolute atomic E-state index is 0.0613. The summed E-state index contributed by atoms with van der Waals surface area (Å²) in [5.74, 6) is 0.849. The van der Waals surface area contributed by atoms with Crippen molar-refractivity contribution in [3.8, 4) is 0 Å². The zero-order chi connectivity index (χ0) is 14.2. The van der Waals surface area contributed by atoms with Gasteiger partial charge in [0.1, 0.15) is 11.6 Å². The summed E-state index contributed by atoms with van der Waals surface area (Å²) in [5.41, 5.74) is 0.346. The van der Waals surface area contributed by atoms with Gasteiger partial charge in [0, 0.05) is 12.1 Å². The van der Waals surface area contributed by atoms with Crippen LogP contribution in [0, 0.1) is 28.9 Å². The van der Waals surface area contributed by atoms with Gasteiger partial charge in [-0.2, -0.15) is 0 Å². The Labute approximate surface area is 119 Å². The third-order valence-electron chi connectivity index (χ3n) is 5.00. The van der Waals surface area contributed by atoms with Gasteiger partial charge >= 0.3 is 0 Å². The molecule has 3 rings (SSSR count). The van der Waals surface area contributed by atoms with Crippen molar-refractivity contribution in [1.29, 1.82) is 0 Å². The summed E-state index contributed by atoms with van der Waals surface area (Å²) in [7, 11) is 0. The van der Waals surface area contributed by atoms with Gasteiger partial charge in [0.15, 0.2) is 0 Å². The van der Waals surface area contributed by atoms with Crippen LogP contribution in [0.2, 0.25) is 0 Å². The number of nitrogens with one attached hydrogen (secondary N) is 1. The fraction of sp³-hybridized carbons (Fsp3) is 0.647. The molecule has 0 heterocycles. The van der Waals surface area contributed by atoms with Crippen molar-refractivity contribution >= 4 is 0 Å². The predicted octanol–water partition coefficient (Wildman–Crippen LogP) is 3.92. The summed E-state index contributed by atoms with van der Waals surface area (Å²) in [6, 6.07) is 4.20. The maximum Gasteiger partial charge on any atom is 0.129 e. The van der Waals surface area contributed by atoms with Crippen LogP contribution in [0.3, 0.4) is 0 Å². The molecule has 20 heavy (non-hydrogen) atoms. The van der Waals surface area contributed by atoms with E-state index in [0.717, 1.165) is 44.2 Å². The van der Waals surface area contributed by atoms with Crippen molar-refractivity contribution in [2.45, 2.75) is 39.0 Å². The van der Waals surface area contributed by atoms with Crippen molar-refractivity contribution < 1.29 is 8.78 Å². The lowest BCUT2D eigenvalue weighted by atomic mass is 9.77. The molecule has 2 fully saturated rings. The molecule has 2 saturated carbocycles. The molecule has 1 nitrogen and oxygen atoms in total. The first-order chi connectivity index (χ1) is 9.63. The molecule has 2 aliphatic rings. The molecule has 0 spiro atoms. The summed E-state index contributed by atoms with van der Waals surface area (Å²) in [6.45, 7) is 4.01. The zero-order valence-electron chi connectivity index (χ0n) is 12.1. The van der Waals surface area contributed by atoms with Crippen molar-refractivity contribution in [2.24, 2.45) is 17.3 Å². The van der Waals surface area contributed by atoms with Crippen LogP contribution in [0.25, 0.3) is 0 Å². The van der Waals surface area contributed by atoms with Gasteiger partial charge in [-0.15, -0.1) is 0 Å². The zero-order valence-corrected chi connectivity index (χ0v) is 12.1. The van der Waals surface area contributed by atoms with E-state index in [-0.39, 0.29) is 22.6 Å². The number of halogens is 2. The summed E-state index contributed by atoms with van der Waals surface area (Å²) in [4.78, 5) is 0. The van der Waals surface area contributed by atoms with E-state index in [4.69, 9.17) is 0 Å². The van der Waals surface area contributed by atoms with E-state index < -0.39 is 0 Å². The second-order valence-electron chi connectivity index (χ2n) is 6.72. The van der Waals surface area contributed by atoms with E-state index in [1.165, 1.54) is 24.6 Å². The smallest absolute Gasteiger partial charge is 0.129 e. The van der Waals surface area contributed by atoms with Gasteiger partial charge in [-0.1, -0.05) is 13.0 Å². The normalized spacial score (nSPS) is 31.4. The molecule has 2 unspecified atom stereocenters. The number of rotatable bonds is 6. The highest BCUT2D eigenvalue weighted by Crippen LogP contribution is 2.60. The molecule has 1 aromatic rings. The fourth-order valence-electron chi connectivity index (χ4n) is 3.96. The molecule has 1 N–H and O–H groups in total. The average molecular weight is 279 g/mol. The predicted molar refractivity (Wildman–Crippen MR) is 76.5 cm³/mol. The highest BCUT2D eigenvalue weighted by Gasteiger charge is 2.53. The van der Waals surface area contributed by atoms with Gasteiger partial charge < -0.3 is 5.32 Å². The number of benzene rings is 1. The summed E-state index contributed by atoms with van der Waals surface area (Å²) >= 11 is 0. The van der Waals surface area contributed by atoms with Gasteiger partial charge in [-0.3, -0.25) is 0 Å². The lowest BCUT2D eigenvalue weighted by molar-refractivity contribution is 0.243. The van der Waals surface area contributed by atoms with E-state index in [1.807, 2.05) is 0 Å². The first-order valence-corrected chi connectivity index (χ1v) is 7.77. The Bertz CT molecular complexity index is 456. The molecule has 3 heteroatoms. The van der Waals surface area contributed by atoms with Gasteiger partial charge in [-0.05, 0) is 68.0 Å². The van der Waals surface area contributed by atoms with Crippen molar-refractivity contribution in [3.05, 3.63) is 35.4 Å². The number of hydrogen-bond acceptors (Lipinski definition) is 1. The van der Waals surface area contributed by atoms with E-state index in [0.29, 0.717) is 6.42 Å². The van der Waals surface area contributed by atoms with Crippen LogP contribution in [-0.2, 0) is 6.42 Å². The minimum Gasteiger partial charge on any atom is -0.316 e. The van der Waals surface area contributed by atoms with Gasteiger partial charge in [0.2, 0.25) is 0 Å². The third kappa shape index (κ3) is 2.73. The van der Waals surface area contributed by atoms with Crippen LogP contribution >= 0.6 is 0 Å².